The van der Waals surface area contributed by atoms with E-state index in [1.54, 1.807) is 11.8 Å². The van der Waals surface area contributed by atoms with Crippen molar-refractivity contribution in [1.82, 2.24) is 19.8 Å². The van der Waals surface area contributed by atoms with Crippen molar-refractivity contribution < 1.29 is 17.9 Å². The topological polar surface area (TPSA) is 103 Å². The minimum Gasteiger partial charge on any atom is -0.444 e. The Labute approximate surface area is 149 Å². The van der Waals surface area contributed by atoms with Gasteiger partial charge < -0.3 is 19.9 Å². The van der Waals surface area contributed by atoms with E-state index in [2.05, 4.69) is 19.9 Å². The summed E-state index contributed by atoms with van der Waals surface area (Å²) in [7, 11) is -3.17. The number of amides is 1. The van der Waals surface area contributed by atoms with Crippen LogP contribution in [0.25, 0.3) is 0 Å². The molecule has 2 aliphatic heterocycles. The van der Waals surface area contributed by atoms with Gasteiger partial charge in [0.15, 0.2) is 5.96 Å². The molecule has 1 saturated heterocycles. The summed E-state index contributed by atoms with van der Waals surface area (Å²) >= 11 is 0. The number of guanidine groups is 1. The third kappa shape index (κ3) is 5.74. The molecule has 1 atom stereocenters. The first-order chi connectivity index (χ1) is 11.6. The van der Waals surface area contributed by atoms with Crippen LogP contribution >= 0.6 is 0 Å². The maximum Gasteiger partial charge on any atom is 0.410 e. The number of rotatable bonds is 5. The molecule has 1 amide bonds. The quantitative estimate of drug-likeness (QED) is 0.646. The summed E-state index contributed by atoms with van der Waals surface area (Å²) in [4.78, 5) is 20.5. The van der Waals surface area contributed by atoms with E-state index >= 15 is 0 Å². The van der Waals surface area contributed by atoms with Gasteiger partial charge in [0.25, 0.3) is 0 Å². The van der Waals surface area contributed by atoms with Crippen LogP contribution in [-0.2, 0) is 14.8 Å². The van der Waals surface area contributed by atoms with Crippen LogP contribution in [-0.4, -0.2) is 86.9 Å². The smallest absolute Gasteiger partial charge is 0.410 e. The molecular weight excluding hydrogens is 346 g/mol. The molecule has 2 N–H and O–H groups in total. The molecule has 0 aromatic rings. The molecule has 2 rings (SSSR count). The number of ether oxygens (including phenoxy) is 1. The number of hydrogen-bond acceptors (Lipinski definition) is 7. The van der Waals surface area contributed by atoms with E-state index in [4.69, 9.17) is 4.74 Å². The predicted molar refractivity (Wildman–Crippen MR) is 96.1 cm³/mol. The zero-order valence-electron chi connectivity index (χ0n) is 15.4. The van der Waals surface area contributed by atoms with Crippen LogP contribution in [0.3, 0.4) is 0 Å². The number of carbonyl (C=O) groups is 1. The normalized spacial score (nSPS) is 21.0. The molecule has 144 valence electrons. The first kappa shape index (κ1) is 19.8. The van der Waals surface area contributed by atoms with Crippen LogP contribution in [0, 0.1) is 0 Å². The monoisotopic (exact) mass is 375 g/mol. The Balaban J connectivity index is 1.77. The second kappa shape index (κ2) is 7.77. The van der Waals surface area contributed by atoms with Gasteiger partial charge in [-0.25, -0.2) is 17.9 Å². The standard InChI is InChI=1S/C15H29N5O4S/c1-5-25(22,23)18-7-6-16-13-17-10-12-11-19(8-9-20(12)13)14(21)24-15(2,3)4/h12,18H,5-11H2,1-4H3,(H,16,17). The van der Waals surface area contributed by atoms with E-state index in [1.807, 2.05) is 20.8 Å². The summed E-state index contributed by atoms with van der Waals surface area (Å²) in [6.07, 6.45) is -0.289. The van der Waals surface area contributed by atoms with Gasteiger partial charge in [0, 0.05) is 32.7 Å². The highest BCUT2D eigenvalue weighted by molar-refractivity contribution is 7.89. The van der Waals surface area contributed by atoms with Crippen molar-refractivity contribution in [2.75, 3.05) is 45.0 Å². The van der Waals surface area contributed by atoms with Gasteiger partial charge in [-0.15, -0.1) is 0 Å². The highest BCUT2D eigenvalue weighted by Gasteiger charge is 2.36. The van der Waals surface area contributed by atoms with Crippen molar-refractivity contribution >= 4 is 22.1 Å². The number of carbonyl (C=O) groups excluding carboxylic acids is 1. The molecule has 0 bridgehead atoms. The number of aliphatic imine (C=N–C) groups is 1. The molecule has 1 unspecified atom stereocenters. The van der Waals surface area contributed by atoms with Crippen molar-refractivity contribution in [3.63, 3.8) is 0 Å². The van der Waals surface area contributed by atoms with Gasteiger partial charge in [-0.3, -0.25) is 4.99 Å². The largest absolute Gasteiger partial charge is 0.444 e. The van der Waals surface area contributed by atoms with Crippen LogP contribution in [0.1, 0.15) is 27.7 Å². The number of sulfonamides is 1. The number of nitrogens with zero attached hydrogens (tertiary/aromatic N) is 3. The summed E-state index contributed by atoms with van der Waals surface area (Å²) in [5.41, 5.74) is -0.501. The fourth-order valence-corrected chi connectivity index (χ4v) is 3.32. The van der Waals surface area contributed by atoms with Crippen LogP contribution in [0.2, 0.25) is 0 Å². The van der Waals surface area contributed by atoms with E-state index in [0.29, 0.717) is 39.3 Å². The average Bonchev–Trinajstić information content (AvgIpc) is 2.92. The second-order valence-corrected chi connectivity index (χ2v) is 9.26. The molecule has 9 nitrogen and oxygen atoms in total. The van der Waals surface area contributed by atoms with Gasteiger partial charge in [0.2, 0.25) is 10.0 Å². The number of nitrogens with one attached hydrogen (secondary N) is 2. The maximum absolute atomic E-state index is 12.2. The Morgan fingerprint density at radius 3 is 2.68 bits per heavy atom. The Hall–Kier alpha value is -1.55. The van der Waals surface area contributed by atoms with E-state index in [-0.39, 0.29) is 17.9 Å². The zero-order chi connectivity index (χ0) is 18.7. The van der Waals surface area contributed by atoms with E-state index < -0.39 is 15.6 Å². The number of hydrogen-bond donors (Lipinski definition) is 2. The molecule has 0 radical (unpaired) electrons. The van der Waals surface area contributed by atoms with E-state index in [9.17, 15) is 13.2 Å². The first-order valence-electron chi connectivity index (χ1n) is 8.61. The van der Waals surface area contributed by atoms with Crippen LogP contribution in [0.15, 0.2) is 4.99 Å². The summed E-state index contributed by atoms with van der Waals surface area (Å²) < 4.78 is 30.7. The summed E-state index contributed by atoms with van der Waals surface area (Å²) in [6, 6.07) is 0.135. The van der Waals surface area contributed by atoms with Crippen LogP contribution < -0.4 is 10.0 Å². The lowest BCUT2D eigenvalue weighted by molar-refractivity contribution is 0.0137. The van der Waals surface area contributed by atoms with Gasteiger partial charge >= 0.3 is 6.09 Å². The summed E-state index contributed by atoms with van der Waals surface area (Å²) in [5.74, 6) is 0.840. The van der Waals surface area contributed by atoms with Gasteiger partial charge in [0.1, 0.15) is 5.60 Å². The van der Waals surface area contributed by atoms with Crippen LogP contribution in [0.4, 0.5) is 4.79 Å². The van der Waals surface area contributed by atoms with Gasteiger partial charge in [0.05, 0.1) is 18.3 Å². The van der Waals surface area contributed by atoms with E-state index in [0.717, 1.165) is 5.96 Å². The van der Waals surface area contributed by atoms with Gasteiger partial charge in [-0.05, 0) is 27.7 Å². The maximum atomic E-state index is 12.2. The molecule has 0 saturated carbocycles. The van der Waals surface area contributed by atoms with Crippen molar-refractivity contribution in [3.05, 3.63) is 0 Å². The Morgan fingerprint density at radius 2 is 2.04 bits per heavy atom. The third-order valence-corrected chi connectivity index (χ3v) is 5.37. The molecule has 0 aromatic heterocycles. The molecule has 0 aliphatic carbocycles. The summed E-state index contributed by atoms with van der Waals surface area (Å²) in [5, 5.41) is 3.17. The fraction of sp³-hybridized carbons (Fsp3) is 0.867. The molecule has 10 heteroatoms. The Bertz CT molecular complexity index is 614. The molecule has 0 spiro atoms. The third-order valence-electron chi connectivity index (χ3n) is 3.97. The highest BCUT2D eigenvalue weighted by atomic mass is 32.2. The predicted octanol–water partition coefficient (Wildman–Crippen LogP) is -0.194. The Morgan fingerprint density at radius 1 is 1.32 bits per heavy atom. The lowest BCUT2D eigenvalue weighted by Gasteiger charge is -2.39. The minimum atomic E-state index is -3.17. The molecule has 2 heterocycles. The highest BCUT2D eigenvalue weighted by Crippen LogP contribution is 2.18. The molecule has 0 aromatic carbocycles. The number of fused-ring (bicyclic) bond motifs is 1. The van der Waals surface area contributed by atoms with Gasteiger partial charge in [-0.1, -0.05) is 0 Å². The SMILES string of the molecule is CCS(=O)(=O)NCCNC1=NCC2CN(C(=O)OC(C)(C)C)CCN12. The zero-order valence-corrected chi connectivity index (χ0v) is 16.2. The van der Waals surface area contributed by atoms with Crippen molar-refractivity contribution in [2.24, 2.45) is 4.99 Å². The molecular formula is C15H29N5O4S. The van der Waals surface area contributed by atoms with Crippen molar-refractivity contribution in [3.8, 4) is 0 Å². The average molecular weight is 375 g/mol. The van der Waals surface area contributed by atoms with Crippen molar-refractivity contribution in [2.45, 2.75) is 39.3 Å². The molecule has 1 fully saturated rings. The first-order valence-corrected chi connectivity index (χ1v) is 10.3. The second-order valence-electron chi connectivity index (χ2n) is 7.16. The lowest BCUT2D eigenvalue weighted by atomic mass is 10.2. The lowest BCUT2D eigenvalue weighted by Crippen LogP contribution is -2.57. The molecule has 25 heavy (non-hydrogen) atoms. The summed E-state index contributed by atoms with van der Waals surface area (Å²) in [6.45, 7) is 10.4. The van der Waals surface area contributed by atoms with Crippen LogP contribution in [0.5, 0.6) is 0 Å². The van der Waals surface area contributed by atoms with Gasteiger partial charge in [-0.2, -0.15) is 0 Å². The fourth-order valence-electron chi connectivity index (χ4n) is 2.71. The Kier molecular flexibility index (Phi) is 6.15. The van der Waals surface area contributed by atoms with Crippen molar-refractivity contribution in [1.29, 1.82) is 0 Å². The van der Waals surface area contributed by atoms with E-state index in [1.165, 1.54) is 0 Å². The number of piperazine rings is 1. The minimum absolute atomic E-state index is 0.0721. The molecule has 2 aliphatic rings.